The number of anilines is 1. The molecule has 0 amide bonds. The number of hydrogen-bond acceptors (Lipinski definition) is 3. The Morgan fingerprint density at radius 1 is 0.920 bits per heavy atom. The average Bonchev–Trinajstić information content (AvgIpc) is 3.06. The number of para-hydroxylation sites is 1. The molecule has 1 atom stereocenters. The van der Waals surface area contributed by atoms with Crippen molar-refractivity contribution < 1.29 is 13.9 Å². The first-order chi connectivity index (χ1) is 12.1. The van der Waals surface area contributed by atoms with Gasteiger partial charge in [0.05, 0.1) is 0 Å². The smallest absolute Gasteiger partial charge is 0.231 e. The summed E-state index contributed by atoms with van der Waals surface area (Å²) in [5, 5.41) is 0. The van der Waals surface area contributed by atoms with Gasteiger partial charge in [0.25, 0.3) is 0 Å². The SMILES string of the molecule is Cc1ccc(C(c2ccc3c(c2)OCO3)c2ccccc2N)c(F)c1. The van der Waals surface area contributed by atoms with Crippen molar-refractivity contribution in [2.45, 2.75) is 12.8 Å². The highest BCUT2D eigenvalue weighted by Gasteiger charge is 2.24. The van der Waals surface area contributed by atoms with Gasteiger partial charge >= 0.3 is 0 Å². The quantitative estimate of drug-likeness (QED) is 0.561. The summed E-state index contributed by atoms with van der Waals surface area (Å²) in [5.74, 6) is 0.805. The molecule has 3 aromatic carbocycles. The summed E-state index contributed by atoms with van der Waals surface area (Å²) in [6.07, 6.45) is 0. The topological polar surface area (TPSA) is 44.5 Å². The summed E-state index contributed by atoms with van der Waals surface area (Å²) in [7, 11) is 0. The summed E-state index contributed by atoms with van der Waals surface area (Å²) in [5.41, 5.74) is 10.1. The van der Waals surface area contributed by atoms with Gasteiger partial charge in [0, 0.05) is 11.6 Å². The van der Waals surface area contributed by atoms with Crippen LogP contribution in [0, 0.1) is 12.7 Å². The molecule has 3 aromatic rings. The molecule has 0 spiro atoms. The minimum absolute atomic E-state index is 0.204. The molecule has 0 aromatic heterocycles. The zero-order valence-corrected chi connectivity index (χ0v) is 13.8. The van der Waals surface area contributed by atoms with E-state index in [1.165, 1.54) is 0 Å². The Kier molecular flexibility index (Phi) is 3.80. The van der Waals surface area contributed by atoms with E-state index in [4.69, 9.17) is 15.2 Å². The molecule has 0 saturated carbocycles. The Hall–Kier alpha value is -3.01. The van der Waals surface area contributed by atoms with Crippen molar-refractivity contribution in [3.63, 3.8) is 0 Å². The number of nitrogen functional groups attached to an aromatic ring is 1. The Labute approximate surface area is 145 Å². The van der Waals surface area contributed by atoms with Gasteiger partial charge in [-0.1, -0.05) is 36.4 Å². The zero-order valence-electron chi connectivity index (χ0n) is 13.8. The van der Waals surface area contributed by atoms with Gasteiger partial charge in [0.15, 0.2) is 11.5 Å². The number of hydrogen-bond donors (Lipinski definition) is 1. The lowest BCUT2D eigenvalue weighted by molar-refractivity contribution is 0.174. The number of benzene rings is 3. The van der Waals surface area contributed by atoms with Gasteiger partial charge in [-0.05, 0) is 53.4 Å². The number of aryl methyl sites for hydroxylation is 1. The second-order valence-electron chi connectivity index (χ2n) is 6.20. The van der Waals surface area contributed by atoms with Gasteiger partial charge < -0.3 is 15.2 Å². The van der Waals surface area contributed by atoms with Crippen molar-refractivity contribution in [1.82, 2.24) is 0 Å². The van der Waals surface area contributed by atoms with E-state index in [9.17, 15) is 4.39 Å². The predicted octanol–water partition coefficient (Wildman–Crippen LogP) is 4.63. The van der Waals surface area contributed by atoms with E-state index in [0.29, 0.717) is 22.7 Å². The van der Waals surface area contributed by atoms with E-state index >= 15 is 0 Å². The molecule has 126 valence electrons. The highest BCUT2D eigenvalue weighted by Crippen LogP contribution is 2.41. The summed E-state index contributed by atoms with van der Waals surface area (Å²) < 4.78 is 25.7. The first-order valence-corrected chi connectivity index (χ1v) is 8.13. The predicted molar refractivity (Wildman–Crippen MR) is 95.5 cm³/mol. The van der Waals surface area contributed by atoms with Gasteiger partial charge in [-0.3, -0.25) is 0 Å². The van der Waals surface area contributed by atoms with Crippen molar-refractivity contribution in [1.29, 1.82) is 0 Å². The fraction of sp³-hybridized carbons (Fsp3) is 0.143. The van der Waals surface area contributed by atoms with Gasteiger partial charge in [-0.15, -0.1) is 0 Å². The molecule has 2 N–H and O–H groups in total. The number of rotatable bonds is 3. The molecule has 1 aliphatic heterocycles. The molecule has 4 rings (SSSR count). The summed E-state index contributed by atoms with van der Waals surface area (Å²) in [6, 6.07) is 18.5. The van der Waals surface area contributed by atoms with Crippen LogP contribution in [0.3, 0.4) is 0 Å². The van der Waals surface area contributed by atoms with E-state index in [-0.39, 0.29) is 18.5 Å². The number of fused-ring (bicyclic) bond motifs is 1. The molecule has 0 aliphatic carbocycles. The van der Waals surface area contributed by atoms with E-state index < -0.39 is 0 Å². The van der Waals surface area contributed by atoms with Crippen LogP contribution in [0.5, 0.6) is 11.5 Å². The molecule has 0 radical (unpaired) electrons. The van der Waals surface area contributed by atoms with Gasteiger partial charge in [0.1, 0.15) is 5.82 Å². The Morgan fingerprint density at radius 2 is 1.72 bits per heavy atom. The Bertz CT molecular complexity index is 939. The number of ether oxygens (including phenoxy) is 2. The highest BCUT2D eigenvalue weighted by atomic mass is 19.1. The molecule has 1 heterocycles. The normalized spacial score (nSPS) is 13.7. The van der Waals surface area contributed by atoms with Crippen LogP contribution >= 0.6 is 0 Å². The molecule has 1 unspecified atom stereocenters. The van der Waals surface area contributed by atoms with Crippen LogP contribution in [0.4, 0.5) is 10.1 Å². The molecule has 3 nitrogen and oxygen atoms in total. The maximum absolute atomic E-state index is 14.8. The number of nitrogens with two attached hydrogens (primary N) is 1. The van der Waals surface area contributed by atoms with Crippen LogP contribution in [0.1, 0.15) is 28.2 Å². The third kappa shape index (κ3) is 2.80. The first-order valence-electron chi connectivity index (χ1n) is 8.13. The van der Waals surface area contributed by atoms with Crippen LogP contribution in [-0.2, 0) is 0 Å². The molecule has 1 aliphatic rings. The van der Waals surface area contributed by atoms with Crippen LogP contribution in [0.25, 0.3) is 0 Å². The molecule has 4 heteroatoms. The summed E-state index contributed by atoms with van der Waals surface area (Å²) in [4.78, 5) is 0. The minimum atomic E-state index is -0.323. The minimum Gasteiger partial charge on any atom is -0.454 e. The Morgan fingerprint density at radius 3 is 2.52 bits per heavy atom. The van der Waals surface area contributed by atoms with Crippen molar-refractivity contribution in [3.8, 4) is 11.5 Å². The Balaban J connectivity index is 1.91. The summed E-state index contributed by atoms with van der Waals surface area (Å²) >= 11 is 0. The van der Waals surface area contributed by atoms with E-state index in [0.717, 1.165) is 16.7 Å². The van der Waals surface area contributed by atoms with Crippen molar-refractivity contribution in [2.24, 2.45) is 0 Å². The van der Waals surface area contributed by atoms with Gasteiger partial charge in [-0.2, -0.15) is 0 Å². The van der Waals surface area contributed by atoms with E-state index in [2.05, 4.69) is 0 Å². The van der Waals surface area contributed by atoms with Crippen LogP contribution < -0.4 is 15.2 Å². The monoisotopic (exact) mass is 335 g/mol. The molecule has 0 saturated heterocycles. The standard InChI is InChI=1S/C21H18FNO2/c1-13-6-8-15(17(22)10-13)21(16-4-2-3-5-18(16)23)14-7-9-19-20(11-14)25-12-24-19/h2-11,21H,12,23H2,1H3. The molecule has 0 fully saturated rings. The first kappa shape index (κ1) is 15.5. The lowest BCUT2D eigenvalue weighted by Crippen LogP contribution is -2.08. The van der Waals surface area contributed by atoms with Crippen molar-refractivity contribution >= 4 is 5.69 Å². The van der Waals surface area contributed by atoms with Crippen molar-refractivity contribution in [3.05, 3.63) is 88.7 Å². The molecule has 0 bridgehead atoms. The second kappa shape index (κ2) is 6.13. The van der Waals surface area contributed by atoms with Crippen LogP contribution in [0.2, 0.25) is 0 Å². The molecule has 25 heavy (non-hydrogen) atoms. The fourth-order valence-corrected chi connectivity index (χ4v) is 3.26. The van der Waals surface area contributed by atoms with Gasteiger partial charge in [0.2, 0.25) is 6.79 Å². The maximum Gasteiger partial charge on any atom is 0.231 e. The van der Waals surface area contributed by atoms with Crippen LogP contribution in [0.15, 0.2) is 60.7 Å². The van der Waals surface area contributed by atoms with Crippen LogP contribution in [-0.4, -0.2) is 6.79 Å². The highest BCUT2D eigenvalue weighted by molar-refractivity contribution is 5.58. The van der Waals surface area contributed by atoms with Crippen molar-refractivity contribution in [2.75, 3.05) is 12.5 Å². The second-order valence-corrected chi connectivity index (χ2v) is 6.20. The largest absolute Gasteiger partial charge is 0.454 e. The van der Waals surface area contributed by atoms with E-state index in [1.807, 2.05) is 61.5 Å². The lowest BCUT2D eigenvalue weighted by atomic mass is 9.83. The maximum atomic E-state index is 14.8. The van der Waals surface area contributed by atoms with E-state index in [1.54, 1.807) is 6.07 Å². The number of halogens is 1. The van der Waals surface area contributed by atoms with Gasteiger partial charge in [-0.25, -0.2) is 4.39 Å². The summed E-state index contributed by atoms with van der Waals surface area (Å²) in [6.45, 7) is 2.08. The zero-order chi connectivity index (χ0) is 17.4. The molecular formula is C21H18FNO2. The molecular weight excluding hydrogens is 317 g/mol. The third-order valence-corrected chi connectivity index (χ3v) is 4.50. The lowest BCUT2D eigenvalue weighted by Gasteiger charge is -2.21. The fourth-order valence-electron chi connectivity index (χ4n) is 3.26. The third-order valence-electron chi connectivity index (χ3n) is 4.50. The average molecular weight is 335 g/mol.